The van der Waals surface area contributed by atoms with Crippen LogP contribution in [-0.4, -0.2) is 14.6 Å². The smallest absolute Gasteiger partial charge is 0.384 e. The minimum atomic E-state index is -4.38. The first kappa shape index (κ1) is 13.4. The van der Waals surface area contributed by atoms with Crippen LogP contribution in [0.2, 0.25) is 0 Å². The first-order chi connectivity index (χ1) is 9.97. The van der Waals surface area contributed by atoms with Gasteiger partial charge in [-0.05, 0) is 17.7 Å². The molecule has 0 unspecified atom stereocenters. The van der Waals surface area contributed by atoms with E-state index in [0.717, 1.165) is 6.07 Å². The van der Waals surface area contributed by atoms with Crippen LogP contribution in [0.5, 0.6) is 0 Å². The first-order valence-electron chi connectivity index (χ1n) is 6.19. The Labute approximate surface area is 118 Å². The summed E-state index contributed by atoms with van der Waals surface area (Å²) in [6.07, 6.45) is -1.29. The lowest BCUT2D eigenvalue weighted by atomic mass is 10.0. The number of rotatable bonds is 2. The zero-order valence-corrected chi connectivity index (χ0v) is 10.8. The molecule has 108 valence electrons. The van der Waals surface area contributed by atoms with E-state index >= 15 is 0 Å². The lowest BCUT2D eigenvalue weighted by Crippen LogP contribution is -2.09. The van der Waals surface area contributed by atoms with E-state index in [2.05, 4.69) is 10.1 Å². The van der Waals surface area contributed by atoms with Gasteiger partial charge in [-0.1, -0.05) is 18.2 Å². The number of fused-ring (bicyclic) bond motifs is 1. The van der Waals surface area contributed by atoms with E-state index in [4.69, 9.17) is 5.73 Å². The molecule has 0 saturated heterocycles. The molecule has 2 aromatic heterocycles. The summed E-state index contributed by atoms with van der Waals surface area (Å²) in [6.45, 7) is 0. The highest BCUT2D eigenvalue weighted by atomic mass is 19.4. The molecule has 0 bridgehead atoms. The van der Waals surface area contributed by atoms with Gasteiger partial charge in [0.2, 0.25) is 0 Å². The van der Waals surface area contributed by atoms with E-state index in [9.17, 15) is 13.2 Å². The summed E-state index contributed by atoms with van der Waals surface area (Å²) in [4.78, 5) is 4.13. The second kappa shape index (κ2) is 4.76. The Kier molecular flexibility index (Phi) is 3.04. The Bertz CT molecular complexity index is 792. The number of nitrogens with two attached hydrogens (primary N) is 1. The molecule has 0 atom stereocenters. The van der Waals surface area contributed by atoms with Crippen molar-refractivity contribution in [2.45, 2.75) is 12.6 Å². The summed E-state index contributed by atoms with van der Waals surface area (Å²) in [6, 6.07) is 7.06. The molecule has 0 radical (unpaired) electrons. The molecule has 2 N–H and O–H groups in total. The quantitative estimate of drug-likeness (QED) is 0.790. The fourth-order valence-corrected chi connectivity index (χ4v) is 2.24. The third kappa shape index (κ3) is 2.42. The van der Waals surface area contributed by atoms with E-state index in [1.54, 1.807) is 12.1 Å². The van der Waals surface area contributed by atoms with Crippen LogP contribution in [0.15, 0.2) is 42.7 Å². The molecule has 2 heterocycles. The second-order valence-corrected chi connectivity index (χ2v) is 4.61. The maximum atomic E-state index is 13.0. The molecule has 1 aromatic carbocycles. The predicted octanol–water partition coefficient (Wildman–Crippen LogP) is 2.92. The SMILES string of the molecule is Nc1ccnc2c(Cc3ccccc3C(F)(F)F)cnn12. The lowest BCUT2D eigenvalue weighted by Gasteiger charge is -2.11. The zero-order valence-electron chi connectivity index (χ0n) is 10.8. The van der Waals surface area contributed by atoms with Crippen molar-refractivity contribution in [1.29, 1.82) is 0 Å². The van der Waals surface area contributed by atoms with Crippen LogP contribution in [0, 0.1) is 0 Å². The largest absolute Gasteiger partial charge is 0.416 e. The third-order valence-electron chi connectivity index (χ3n) is 3.21. The molecular formula is C14H11F3N4. The highest BCUT2D eigenvalue weighted by Gasteiger charge is 2.33. The van der Waals surface area contributed by atoms with Gasteiger partial charge in [0, 0.05) is 18.2 Å². The van der Waals surface area contributed by atoms with Gasteiger partial charge in [-0.3, -0.25) is 0 Å². The standard InChI is InChI=1S/C14H11F3N4/c15-14(16,17)11-4-2-1-3-9(11)7-10-8-20-21-12(18)5-6-19-13(10)21/h1-6,8H,7,18H2. The van der Waals surface area contributed by atoms with E-state index < -0.39 is 11.7 Å². The Morgan fingerprint density at radius 1 is 1.10 bits per heavy atom. The van der Waals surface area contributed by atoms with E-state index in [1.807, 2.05) is 0 Å². The second-order valence-electron chi connectivity index (χ2n) is 4.61. The number of anilines is 1. The van der Waals surface area contributed by atoms with Crippen LogP contribution >= 0.6 is 0 Å². The van der Waals surface area contributed by atoms with Crippen molar-refractivity contribution in [2.24, 2.45) is 0 Å². The van der Waals surface area contributed by atoms with Crippen molar-refractivity contribution in [3.05, 3.63) is 59.4 Å². The Morgan fingerprint density at radius 2 is 1.86 bits per heavy atom. The Morgan fingerprint density at radius 3 is 2.62 bits per heavy atom. The van der Waals surface area contributed by atoms with Crippen LogP contribution < -0.4 is 5.73 Å². The third-order valence-corrected chi connectivity index (χ3v) is 3.21. The van der Waals surface area contributed by atoms with Crippen LogP contribution in [0.4, 0.5) is 19.0 Å². The fraction of sp³-hybridized carbons (Fsp3) is 0.143. The number of aromatic nitrogens is 3. The van der Waals surface area contributed by atoms with Crippen LogP contribution in [0.25, 0.3) is 5.65 Å². The molecule has 0 fully saturated rings. The number of benzene rings is 1. The molecule has 4 nitrogen and oxygen atoms in total. The number of alkyl halides is 3. The van der Waals surface area contributed by atoms with Gasteiger partial charge in [0.25, 0.3) is 0 Å². The van der Waals surface area contributed by atoms with Crippen molar-refractivity contribution in [3.63, 3.8) is 0 Å². The minimum Gasteiger partial charge on any atom is -0.384 e. The predicted molar refractivity (Wildman–Crippen MR) is 71.6 cm³/mol. The van der Waals surface area contributed by atoms with Crippen molar-refractivity contribution in [2.75, 3.05) is 5.73 Å². The van der Waals surface area contributed by atoms with Gasteiger partial charge in [0.15, 0.2) is 5.65 Å². The van der Waals surface area contributed by atoms with Gasteiger partial charge in [-0.15, -0.1) is 0 Å². The number of halogens is 3. The monoisotopic (exact) mass is 292 g/mol. The highest BCUT2D eigenvalue weighted by Crippen LogP contribution is 2.33. The van der Waals surface area contributed by atoms with Gasteiger partial charge in [0.05, 0.1) is 11.8 Å². The van der Waals surface area contributed by atoms with Gasteiger partial charge in [-0.2, -0.15) is 22.8 Å². The molecule has 0 aliphatic rings. The normalized spacial score (nSPS) is 12.0. The fourth-order valence-electron chi connectivity index (χ4n) is 2.24. The average molecular weight is 292 g/mol. The zero-order chi connectivity index (χ0) is 15.0. The number of nitrogen functional groups attached to an aromatic ring is 1. The molecule has 0 saturated carbocycles. The number of hydrogen-bond donors (Lipinski definition) is 1. The molecule has 0 spiro atoms. The van der Waals surface area contributed by atoms with Crippen molar-refractivity contribution >= 4 is 11.5 Å². The Hall–Kier alpha value is -2.57. The maximum absolute atomic E-state index is 13.0. The van der Waals surface area contributed by atoms with Gasteiger partial charge in [0.1, 0.15) is 5.82 Å². The van der Waals surface area contributed by atoms with Gasteiger partial charge in [-0.25, -0.2) is 4.98 Å². The summed E-state index contributed by atoms with van der Waals surface area (Å²) in [5.41, 5.74) is 6.34. The summed E-state index contributed by atoms with van der Waals surface area (Å²) in [7, 11) is 0. The molecule has 0 aliphatic carbocycles. The van der Waals surface area contributed by atoms with Crippen molar-refractivity contribution < 1.29 is 13.2 Å². The number of hydrogen-bond acceptors (Lipinski definition) is 3. The van der Waals surface area contributed by atoms with E-state index in [-0.39, 0.29) is 12.0 Å². The first-order valence-corrected chi connectivity index (χ1v) is 6.19. The number of nitrogens with zero attached hydrogens (tertiary/aromatic N) is 3. The summed E-state index contributed by atoms with van der Waals surface area (Å²) < 4.78 is 40.4. The van der Waals surface area contributed by atoms with Gasteiger partial charge >= 0.3 is 6.18 Å². The van der Waals surface area contributed by atoms with Crippen LogP contribution in [-0.2, 0) is 12.6 Å². The maximum Gasteiger partial charge on any atom is 0.416 e. The van der Waals surface area contributed by atoms with Gasteiger partial charge < -0.3 is 5.73 Å². The van der Waals surface area contributed by atoms with Crippen molar-refractivity contribution in [1.82, 2.24) is 14.6 Å². The molecular weight excluding hydrogens is 281 g/mol. The van der Waals surface area contributed by atoms with E-state index in [1.165, 1.54) is 29.0 Å². The Balaban J connectivity index is 2.06. The minimum absolute atomic E-state index is 0.0929. The molecule has 3 rings (SSSR count). The topological polar surface area (TPSA) is 56.2 Å². The molecule has 0 aliphatic heterocycles. The lowest BCUT2D eigenvalue weighted by molar-refractivity contribution is -0.138. The molecule has 3 aromatic rings. The average Bonchev–Trinajstić information content (AvgIpc) is 2.83. The molecule has 21 heavy (non-hydrogen) atoms. The summed E-state index contributed by atoms with van der Waals surface area (Å²) >= 11 is 0. The molecule has 0 amide bonds. The van der Waals surface area contributed by atoms with Crippen molar-refractivity contribution in [3.8, 4) is 0 Å². The highest BCUT2D eigenvalue weighted by molar-refractivity contribution is 5.53. The van der Waals surface area contributed by atoms with Crippen LogP contribution in [0.1, 0.15) is 16.7 Å². The summed E-state index contributed by atoms with van der Waals surface area (Å²) in [5.74, 6) is 0.385. The molecule has 7 heteroatoms. The van der Waals surface area contributed by atoms with Crippen LogP contribution in [0.3, 0.4) is 0 Å². The van der Waals surface area contributed by atoms with E-state index in [0.29, 0.717) is 17.0 Å². The summed E-state index contributed by atoms with van der Waals surface area (Å²) in [5, 5.41) is 4.05.